The Labute approximate surface area is 74.4 Å². The van der Waals surface area contributed by atoms with E-state index in [0.717, 1.165) is 6.42 Å². The van der Waals surface area contributed by atoms with Gasteiger partial charge in [0.05, 0.1) is 12.2 Å². The van der Waals surface area contributed by atoms with Crippen molar-refractivity contribution in [2.75, 3.05) is 0 Å². The van der Waals surface area contributed by atoms with E-state index >= 15 is 0 Å². The van der Waals surface area contributed by atoms with Gasteiger partial charge in [0.1, 0.15) is 0 Å². The standard InChI is InChI=1S/C8H17O3P/c1-5-8(4)6(2)10-12(9)11-7(8)3/h6-7,12H,5H2,1-4H3. The van der Waals surface area contributed by atoms with Crippen LogP contribution in [0.15, 0.2) is 0 Å². The average Bonchev–Trinajstić information content (AvgIpc) is 2.00. The zero-order chi connectivity index (χ0) is 9.35. The van der Waals surface area contributed by atoms with Gasteiger partial charge in [0.25, 0.3) is 0 Å². The van der Waals surface area contributed by atoms with E-state index in [0.29, 0.717) is 0 Å². The molecule has 3 nitrogen and oxygen atoms in total. The van der Waals surface area contributed by atoms with E-state index < -0.39 is 8.25 Å². The summed E-state index contributed by atoms with van der Waals surface area (Å²) in [4.78, 5) is 0. The first-order chi connectivity index (χ1) is 5.50. The molecule has 72 valence electrons. The van der Waals surface area contributed by atoms with E-state index in [-0.39, 0.29) is 17.6 Å². The monoisotopic (exact) mass is 192 g/mol. The van der Waals surface area contributed by atoms with E-state index in [1.807, 2.05) is 13.8 Å². The fourth-order valence-electron chi connectivity index (χ4n) is 1.49. The summed E-state index contributed by atoms with van der Waals surface area (Å²) in [6.45, 7) is 8.13. The minimum atomic E-state index is -2.22. The third kappa shape index (κ3) is 1.59. The molecule has 0 amide bonds. The average molecular weight is 192 g/mol. The van der Waals surface area contributed by atoms with E-state index in [9.17, 15) is 4.57 Å². The van der Waals surface area contributed by atoms with E-state index in [2.05, 4.69) is 13.8 Å². The minimum Gasteiger partial charge on any atom is -0.307 e. The van der Waals surface area contributed by atoms with Crippen LogP contribution in [0.2, 0.25) is 0 Å². The molecule has 0 saturated carbocycles. The zero-order valence-corrected chi connectivity index (χ0v) is 9.09. The summed E-state index contributed by atoms with van der Waals surface area (Å²) in [5.41, 5.74) is -0.00141. The Bertz CT molecular complexity index is 179. The normalized spacial score (nSPS) is 49.2. The Balaban J connectivity index is 2.79. The smallest absolute Gasteiger partial charge is 0.307 e. The molecule has 0 spiro atoms. The van der Waals surface area contributed by atoms with Crippen LogP contribution in [0, 0.1) is 5.41 Å². The van der Waals surface area contributed by atoms with E-state index in [1.54, 1.807) is 0 Å². The Morgan fingerprint density at radius 3 is 2.08 bits per heavy atom. The van der Waals surface area contributed by atoms with Crippen LogP contribution in [0.3, 0.4) is 0 Å². The molecule has 0 aromatic heterocycles. The van der Waals surface area contributed by atoms with Gasteiger partial charge in [-0.05, 0) is 20.3 Å². The highest BCUT2D eigenvalue weighted by molar-refractivity contribution is 7.33. The third-order valence-corrected chi connectivity index (χ3v) is 4.26. The maximum absolute atomic E-state index is 11.0. The topological polar surface area (TPSA) is 35.5 Å². The molecule has 1 fully saturated rings. The molecular weight excluding hydrogens is 175 g/mol. The zero-order valence-electron chi connectivity index (χ0n) is 8.09. The maximum atomic E-state index is 11.0. The second-order valence-corrected chi connectivity index (χ2v) is 4.60. The quantitative estimate of drug-likeness (QED) is 0.599. The lowest BCUT2D eigenvalue weighted by Gasteiger charge is -2.42. The minimum absolute atomic E-state index is 0.00141. The van der Waals surface area contributed by atoms with Crippen molar-refractivity contribution in [3.05, 3.63) is 0 Å². The molecule has 1 aliphatic heterocycles. The van der Waals surface area contributed by atoms with Crippen LogP contribution in [0.4, 0.5) is 0 Å². The summed E-state index contributed by atoms with van der Waals surface area (Å²) in [6.07, 6.45) is 1.03. The van der Waals surface area contributed by atoms with Crippen molar-refractivity contribution < 1.29 is 13.6 Å². The first kappa shape index (κ1) is 10.2. The molecule has 12 heavy (non-hydrogen) atoms. The number of hydrogen-bond acceptors (Lipinski definition) is 3. The van der Waals surface area contributed by atoms with Crippen LogP contribution in [0.5, 0.6) is 0 Å². The van der Waals surface area contributed by atoms with Crippen LogP contribution in [-0.4, -0.2) is 12.2 Å². The third-order valence-electron chi connectivity index (χ3n) is 3.17. The lowest BCUT2D eigenvalue weighted by Crippen LogP contribution is -2.43. The summed E-state index contributed by atoms with van der Waals surface area (Å²) < 4.78 is 21.4. The summed E-state index contributed by atoms with van der Waals surface area (Å²) in [5.74, 6) is 0. The first-order valence-corrected chi connectivity index (χ1v) is 5.60. The van der Waals surface area contributed by atoms with Crippen molar-refractivity contribution in [2.45, 2.75) is 46.3 Å². The highest BCUT2D eigenvalue weighted by Gasteiger charge is 2.42. The van der Waals surface area contributed by atoms with Gasteiger partial charge >= 0.3 is 8.25 Å². The summed E-state index contributed by atoms with van der Waals surface area (Å²) in [5, 5.41) is 0. The largest absolute Gasteiger partial charge is 0.319 e. The fraction of sp³-hybridized carbons (Fsp3) is 1.00. The molecule has 0 aromatic carbocycles. The number of rotatable bonds is 1. The molecule has 2 unspecified atom stereocenters. The first-order valence-electron chi connectivity index (χ1n) is 4.38. The van der Waals surface area contributed by atoms with Crippen LogP contribution in [0.1, 0.15) is 34.1 Å². The molecule has 0 radical (unpaired) electrons. The van der Waals surface area contributed by atoms with Gasteiger partial charge in [-0.25, -0.2) is 0 Å². The molecule has 1 saturated heterocycles. The molecule has 1 aliphatic rings. The molecule has 0 aromatic rings. The molecule has 4 heteroatoms. The van der Waals surface area contributed by atoms with E-state index in [4.69, 9.17) is 9.05 Å². The summed E-state index contributed by atoms with van der Waals surface area (Å²) in [7, 11) is -2.22. The van der Waals surface area contributed by atoms with E-state index in [1.165, 1.54) is 0 Å². The van der Waals surface area contributed by atoms with Gasteiger partial charge in [0.2, 0.25) is 0 Å². The Kier molecular flexibility index (Phi) is 2.97. The van der Waals surface area contributed by atoms with Crippen molar-refractivity contribution in [1.29, 1.82) is 0 Å². The van der Waals surface area contributed by atoms with Crippen molar-refractivity contribution in [3.8, 4) is 0 Å². The van der Waals surface area contributed by atoms with Gasteiger partial charge < -0.3 is 9.05 Å². The van der Waals surface area contributed by atoms with Crippen LogP contribution < -0.4 is 0 Å². The second kappa shape index (κ2) is 3.49. The van der Waals surface area contributed by atoms with Gasteiger partial charge in [0.15, 0.2) is 0 Å². The summed E-state index contributed by atoms with van der Waals surface area (Å²) >= 11 is 0. The fourth-order valence-corrected chi connectivity index (χ4v) is 2.66. The van der Waals surface area contributed by atoms with Gasteiger partial charge in [-0.15, -0.1) is 0 Å². The lowest BCUT2D eigenvalue weighted by atomic mass is 9.78. The molecule has 2 atom stereocenters. The van der Waals surface area contributed by atoms with Crippen LogP contribution in [-0.2, 0) is 13.6 Å². The SMILES string of the molecule is CCC1(C)C(C)O[PH](=O)OC1C. The van der Waals surface area contributed by atoms with Gasteiger partial charge in [0, 0.05) is 5.41 Å². The van der Waals surface area contributed by atoms with Crippen LogP contribution in [0.25, 0.3) is 0 Å². The highest BCUT2D eigenvalue weighted by atomic mass is 31.1. The number of hydrogen-bond donors (Lipinski definition) is 0. The van der Waals surface area contributed by atoms with Crippen LogP contribution >= 0.6 is 8.25 Å². The lowest BCUT2D eigenvalue weighted by molar-refractivity contribution is -0.0650. The van der Waals surface area contributed by atoms with Crippen molar-refractivity contribution >= 4 is 8.25 Å². The molecule has 0 bridgehead atoms. The van der Waals surface area contributed by atoms with Gasteiger partial charge in [-0.2, -0.15) is 0 Å². The second-order valence-electron chi connectivity index (χ2n) is 3.63. The molecule has 1 rings (SSSR count). The highest BCUT2D eigenvalue weighted by Crippen LogP contribution is 2.47. The molecule has 0 N–H and O–H groups in total. The Morgan fingerprint density at radius 2 is 1.75 bits per heavy atom. The predicted molar refractivity (Wildman–Crippen MR) is 48.5 cm³/mol. The molecule has 0 aliphatic carbocycles. The Hall–Kier alpha value is 0.150. The predicted octanol–water partition coefficient (Wildman–Crippen LogP) is 2.62. The van der Waals surface area contributed by atoms with Gasteiger partial charge in [-0.3, -0.25) is 4.57 Å². The molecule has 1 heterocycles. The maximum Gasteiger partial charge on any atom is 0.319 e. The van der Waals surface area contributed by atoms with Gasteiger partial charge in [-0.1, -0.05) is 13.8 Å². The van der Waals surface area contributed by atoms with Crippen molar-refractivity contribution in [2.24, 2.45) is 5.41 Å². The Morgan fingerprint density at radius 1 is 1.33 bits per heavy atom. The van der Waals surface area contributed by atoms with Crippen molar-refractivity contribution in [1.82, 2.24) is 0 Å². The summed E-state index contributed by atoms with van der Waals surface area (Å²) in [6, 6.07) is 0. The van der Waals surface area contributed by atoms with Crippen molar-refractivity contribution in [3.63, 3.8) is 0 Å². The molecular formula is C8H17O3P.